The van der Waals surface area contributed by atoms with Gasteiger partial charge in [-0.2, -0.15) is 5.10 Å². The molecule has 0 aliphatic carbocycles. The van der Waals surface area contributed by atoms with Crippen LogP contribution in [-0.2, 0) is 4.79 Å². The lowest BCUT2D eigenvalue weighted by molar-refractivity contribution is -0.113. The van der Waals surface area contributed by atoms with Crippen molar-refractivity contribution < 1.29 is 4.79 Å². The number of carbonyl (C=O) groups is 1. The number of H-pyrrole nitrogens is 1. The summed E-state index contributed by atoms with van der Waals surface area (Å²) in [6.45, 7) is 1.96. The van der Waals surface area contributed by atoms with Gasteiger partial charge in [0.05, 0.1) is 17.1 Å². The Morgan fingerprint density at radius 2 is 2.24 bits per heavy atom. The van der Waals surface area contributed by atoms with E-state index in [1.807, 2.05) is 31.2 Å². The van der Waals surface area contributed by atoms with Crippen LogP contribution in [0.2, 0.25) is 0 Å². The van der Waals surface area contributed by atoms with Gasteiger partial charge in [-0.25, -0.2) is 0 Å². The van der Waals surface area contributed by atoms with E-state index in [-0.39, 0.29) is 5.91 Å². The third kappa shape index (κ3) is 1.93. The number of nitrogens with zero attached hydrogens (tertiary/aromatic N) is 1. The van der Waals surface area contributed by atoms with E-state index in [9.17, 15) is 4.79 Å². The van der Waals surface area contributed by atoms with Crippen LogP contribution in [0, 0.1) is 6.92 Å². The molecule has 86 valence electrons. The van der Waals surface area contributed by atoms with Crippen LogP contribution in [0.3, 0.4) is 0 Å². The standard InChI is InChI=1S/C12H11N3OS/c1-7-4-9(15-14-7)8-2-3-11-10(5-8)13-12(16)6-17-11/h2-5H,6H2,1H3,(H,13,16)(H,14,15). The van der Waals surface area contributed by atoms with Gasteiger partial charge in [-0.3, -0.25) is 9.89 Å². The van der Waals surface area contributed by atoms with Crippen LogP contribution in [0.4, 0.5) is 5.69 Å². The van der Waals surface area contributed by atoms with Crippen LogP contribution in [0.25, 0.3) is 11.3 Å². The van der Waals surface area contributed by atoms with Crippen molar-refractivity contribution in [3.8, 4) is 11.3 Å². The molecular formula is C12H11N3OS. The van der Waals surface area contributed by atoms with Gasteiger partial charge in [0, 0.05) is 16.2 Å². The maximum atomic E-state index is 11.3. The highest BCUT2D eigenvalue weighted by atomic mass is 32.2. The molecule has 2 N–H and O–H groups in total. The average molecular weight is 245 g/mol. The first-order chi connectivity index (χ1) is 8.22. The van der Waals surface area contributed by atoms with Gasteiger partial charge in [-0.1, -0.05) is 6.07 Å². The molecule has 0 saturated carbocycles. The van der Waals surface area contributed by atoms with Crippen LogP contribution in [-0.4, -0.2) is 21.9 Å². The quantitative estimate of drug-likeness (QED) is 0.811. The second kappa shape index (κ2) is 3.92. The van der Waals surface area contributed by atoms with Gasteiger partial charge >= 0.3 is 0 Å². The summed E-state index contributed by atoms with van der Waals surface area (Å²) in [5, 5.41) is 10.0. The second-order valence-electron chi connectivity index (χ2n) is 3.98. The molecule has 1 aromatic heterocycles. The molecule has 1 aliphatic rings. The van der Waals surface area contributed by atoms with Crippen molar-refractivity contribution in [3.63, 3.8) is 0 Å². The normalized spacial score (nSPS) is 14.3. The van der Waals surface area contributed by atoms with Crippen molar-refractivity contribution in [2.24, 2.45) is 0 Å². The smallest absolute Gasteiger partial charge is 0.234 e. The fourth-order valence-electron chi connectivity index (χ4n) is 1.81. The second-order valence-corrected chi connectivity index (χ2v) is 5.00. The van der Waals surface area contributed by atoms with Crippen LogP contribution < -0.4 is 5.32 Å². The van der Waals surface area contributed by atoms with Gasteiger partial charge in [0.25, 0.3) is 0 Å². The highest BCUT2D eigenvalue weighted by molar-refractivity contribution is 8.00. The Morgan fingerprint density at radius 3 is 3.00 bits per heavy atom. The van der Waals surface area contributed by atoms with E-state index < -0.39 is 0 Å². The van der Waals surface area contributed by atoms with Gasteiger partial charge in [0.2, 0.25) is 5.91 Å². The lowest BCUT2D eigenvalue weighted by atomic mass is 10.1. The monoisotopic (exact) mass is 245 g/mol. The number of aromatic amines is 1. The van der Waals surface area contributed by atoms with Crippen LogP contribution in [0.5, 0.6) is 0 Å². The molecule has 1 amide bonds. The minimum Gasteiger partial charge on any atom is -0.324 e. The fourth-order valence-corrected chi connectivity index (χ4v) is 2.60. The number of rotatable bonds is 1. The molecule has 2 heterocycles. The first-order valence-electron chi connectivity index (χ1n) is 5.31. The number of fused-ring (bicyclic) bond motifs is 1. The highest BCUT2D eigenvalue weighted by Gasteiger charge is 2.16. The number of hydrogen-bond donors (Lipinski definition) is 2. The van der Waals surface area contributed by atoms with Crippen molar-refractivity contribution in [1.29, 1.82) is 0 Å². The van der Waals surface area contributed by atoms with Crippen molar-refractivity contribution in [3.05, 3.63) is 30.0 Å². The number of hydrogen-bond acceptors (Lipinski definition) is 3. The lowest BCUT2D eigenvalue weighted by Crippen LogP contribution is -2.18. The Balaban J connectivity index is 2.03. The zero-order valence-electron chi connectivity index (χ0n) is 9.28. The van der Waals surface area contributed by atoms with Gasteiger partial charge in [0.15, 0.2) is 0 Å². The highest BCUT2D eigenvalue weighted by Crippen LogP contribution is 2.34. The predicted octanol–water partition coefficient (Wildman–Crippen LogP) is 2.43. The van der Waals surface area contributed by atoms with E-state index in [2.05, 4.69) is 15.5 Å². The molecule has 0 saturated heterocycles. The Bertz CT molecular complexity index is 591. The predicted molar refractivity (Wildman–Crippen MR) is 68.1 cm³/mol. The lowest BCUT2D eigenvalue weighted by Gasteiger charge is -2.16. The molecule has 2 aromatic rings. The first-order valence-corrected chi connectivity index (χ1v) is 6.30. The zero-order chi connectivity index (χ0) is 11.8. The SMILES string of the molecule is Cc1cc(-c2ccc3c(c2)NC(=O)CS3)n[nH]1. The summed E-state index contributed by atoms with van der Waals surface area (Å²) in [6.07, 6.45) is 0. The molecule has 0 unspecified atom stereocenters. The molecule has 0 fully saturated rings. The third-order valence-corrected chi connectivity index (χ3v) is 3.69. The average Bonchev–Trinajstić information content (AvgIpc) is 2.75. The maximum absolute atomic E-state index is 11.3. The van der Waals surface area contributed by atoms with E-state index >= 15 is 0 Å². The number of carbonyl (C=O) groups excluding carboxylic acids is 1. The number of nitrogens with one attached hydrogen (secondary N) is 2. The topological polar surface area (TPSA) is 57.8 Å². The number of benzene rings is 1. The fraction of sp³-hybridized carbons (Fsp3) is 0.167. The first kappa shape index (κ1) is 10.4. The molecule has 0 atom stereocenters. The molecule has 0 bridgehead atoms. The minimum absolute atomic E-state index is 0.0536. The summed E-state index contributed by atoms with van der Waals surface area (Å²) in [6, 6.07) is 8.01. The van der Waals surface area contributed by atoms with Gasteiger partial charge in [-0.05, 0) is 25.1 Å². The van der Waals surface area contributed by atoms with Crippen molar-refractivity contribution in [1.82, 2.24) is 10.2 Å². The summed E-state index contributed by atoms with van der Waals surface area (Å²) in [5.74, 6) is 0.547. The Hall–Kier alpha value is -1.75. The zero-order valence-corrected chi connectivity index (χ0v) is 10.1. The van der Waals surface area contributed by atoms with Gasteiger partial charge in [-0.15, -0.1) is 11.8 Å². The molecule has 5 heteroatoms. The number of amides is 1. The number of aryl methyl sites for hydroxylation is 1. The largest absolute Gasteiger partial charge is 0.324 e. The van der Waals surface area contributed by atoms with Crippen LogP contribution in [0.1, 0.15) is 5.69 Å². The number of thioether (sulfide) groups is 1. The molecule has 1 aromatic carbocycles. The Kier molecular flexibility index (Phi) is 2.40. The molecule has 17 heavy (non-hydrogen) atoms. The number of anilines is 1. The summed E-state index contributed by atoms with van der Waals surface area (Å²) in [7, 11) is 0. The minimum atomic E-state index is 0.0536. The summed E-state index contributed by atoms with van der Waals surface area (Å²) < 4.78 is 0. The Morgan fingerprint density at radius 1 is 1.35 bits per heavy atom. The van der Waals surface area contributed by atoms with E-state index in [1.165, 1.54) is 0 Å². The third-order valence-electron chi connectivity index (χ3n) is 2.61. The molecule has 1 aliphatic heterocycles. The van der Waals surface area contributed by atoms with Crippen LogP contribution in [0.15, 0.2) is 29.2 Å². The van der Waals surface area contributed by atoms with Gasteiger partial charge < -0.3 is 5.32 Å². The van der Waals surface area contributed by atoms with Gasteiger partial charge in [0.1, 0.15) is 0 Å². The molecule has 4 nitrogen and oxygen atoms in total. The summed E-state index contributed by atoms with van der Waals surface area (Å²) >= 11 is 1.57. The number of aromatic nitrogens is 2. The van der Waals surface area contributed by atoms with Crippen molar-refractivity contribution in [2.45, 2.75) is 11.8 Å². The Labute approximate surface area is 103 Å². The van der Waals surface area contributed by atoms with Crippen LogP contribution >= 0.6 is 11.8 Å². The van der Waals surface area contributed by atoms with E-state index in [0.717, 1.165) is 27.5 Å². The summed E-state index contributed by atoms with van der Waals surface area (Å²) in [5.41, 5.74) is 3.81. The summed E-state index contributed by atoms with van der Waals surface area (Å²) in [4.78, 5) is 12.4. The molecule has 3 rings (SSSR count). The van der Waals surface area contributed by atoms with E-state index in [1.54, 1.807) is 11.8 Å². The molecule has 0 spiro atoms. The maximum Gasteiger partial charge on any atom is 0.234 e. The van der Waals surface area contributed by atoms with E-state index in [0.29, 0.717) is 5.75 Å². The van der Waals surface area contributed by atoms with Crippen molar-refractivity contribution in [2.75, 3.05) is 11.1 Å². The van der Waals surface area contributed by atoms with E-state index in [4.69, 9.17) is 0 Å². The van der Waals surface area contributed by atoms with Crippen molar-refractivity contribution >= 4 is 23.4 Å². The molecular weight excluding hydrogens is 234 g/mol. The molecule has 0 radical (unpaired) electrons.